The number of hydrogen-bond donors (Lipinski definition) is 2. The number of hydrogen-bond acceptors (Lipinski definition) is 3. The summed E-state index contributed by atoms with van der Waals surface area (Å²) in [7, 11) is 0. The van der Waals surface area contributed by atoms with Crippen LogP contribution < -0.4 is 5.32 Å². The first kappa shape index (κ1) is 8.56. The smallest absolute Gasteiger partial charge is 0.135 e. The molecule has 0 spiro atoms. The molecule has 0 unspecified atom stereocenters. The van der Waals surface area contributed by atoms with E-state index in [2.05, 4.69) is 10.3 Å². The van der Waals surface area contributed by atoms with Crippen LogP contribution in [0.2, 0.25) is 0 Å². The zero-order valence-corrected chi connectivity index (χ0v) is 7.51. The Bertz CT molecular complexity index is 415. The highest BCUT2D eigenvalue weighted by Gasteiger charge is 1.94. The number of nitrogens with one attached hydrogen (secondary N) is 1. The van der Waals surface area contributed by atoms with Gasteiger partial charge in [-0.2, -0.15) is 0 Å². The van der Waals surface area contributed by atoms with Gasteiger partial charge in [0.1, 0.15) is 5.75 Å². The van der Waals surface area contributed by atoms with Gasteiger partial charge in [0, 0.05) is 11.8 Å². The van der Waals surface area contributed by atoms with Gasteiger partial charge in [-0.15, -0.1) is 0 Å². The second-order valence-corrected chi connectivity index (χ2v) is 2.92. The highest BCUT2D eigenvalue weighted by atomic mass is 16.3. The van der Waals surface area contributed by atoms with Gasteiger partial charge in [0.05, 0.1) is 18.1 Å². The molecule has 3 heteroatoms. The molecule has 0 atom stereocenters. The van der Waals surface area contributed by atoms with E-state index in [4.69, 9.17) is 0 Å². The summed E-state index contributed by atoms with van der Waals surface area (Å²) in [6.45, 7) is 0. The molecule has 0 radical (unpaired) electrons. The summed E-state index contributed by atoms with van der Waals surface area (Å²) in [4.78, 5) is 3.87. The van der Waals surface area contributed by atoms with Crippen molar-refractivity contribution in [3.05, 3.63) is 48.8 Å². The maximum absolute atomic E-state index is 9.19. The van der Waals surface area contributed by atoms with Gasteiger partial charge in [0.25, 0.3) is 0 Å². The third-order valence-electron chi connectivity index (χ3n) is 1.79. The molecule has 1 aromatic heterocycles. The fraction of sp³-hybridized carbons (Fsp3) is 0. The van der Waals surface area contributed by atoms with E-state index in [9.17, 15) is 5.11 Å². The molecule has 2 N–H and O–H groups in total. The third-order valence-corrected chi connectivity index (χ3v) is 1.79. The minimum absolute atomic E-state index is 0.158. The van der Waals surface area contributed by atoms with Crippen LogP contribution in [0.5, 0.6) is 5.75 Å². The Labute approximate surface area is 82.1 Å². The Morgan fingerprint density at radius 1 is 1.00 bits per heavy atom. The van der Waals surface area contributed by atoms with Crippen LogP contribution in [0.1, 0.15) is 0 Å². The van der Waals surface area contributed by atoms with E-state index in [0.717, 1.165) is 11.4 Å². The van der Waals surface area contributed by atoms with Crippen molar-refractivity contribution in [3.8, 4) is 5.75 Å². The van der Waals surface area contributed by atoms with Crippen LogP contribution >= 0.6 is 0 Å². The van der Waals surface area contributed by atoms with Crippen LogP contribution in [0.15, 0.2) is 48.8 Å². The molecule has 0 amide bonds. The minimum Gasteiger partial charge on any atom is -0.506 e. The highest BCUT2D eigenvalue weighted by molar-refractivity contribution is 5.59. The number of aromatic nitrogens is 1. The molecule has 14 heavy (non-hydrogen) atoms. The van der Waals surface area contributed by atoms with Gasteiger partial charge in [-0.25, -0.2) is 0 Å². The number of para-hydroxylation sites is 1. The van der Waals surface area contributed by atoms with Crippen molar-refractivity contribution < 1.29 is 5.11 Å². The molecule has 1 aromatic carbocycles. The molecule has 70 valence electrons. The first-order valence-electron chi connectivity index (χ1n) is 4.31. The van der Waals surface area contributed by atoms with Gasteiger partial charge in [-0.05, 0) is 12.1 Å². The van der Waals surface area contributed by atoms with Crippen molar-refractivity contribution in [1.82, 2.24) is 4.98 Å². The summed E-state index contributed by atoms with van der Waals surface area (Å²) in [5.74, 6) is 0.158. The van der Waals surface area contributed by atoms with E-state index in [1.807, 2.05) is 30.3 Å². The van der Waals surface area contributed by atoms with Gasteiger partial charge >= 0.3 is 0 Å². The summed E-state index contributed by atoms with van der Waals surface area (Å²) in [6.07, 6.45) is 3.06. The predicted molar refractivity (Wildman–Crippen MR) is 55.6 cm³/mol. The first-order chi connectivity index (χ1) is 6.84. The molecule has 0 aliphatic rings. The zero-order chi connectivity index (χ0) is 9.80. The lowest BCUT2D eigenvalue weighted by Gasteiger charge is -2.05. The van der Waals surface area contributed by atoms with Gasteiger partial charge < -0.3 is 10.4 Å². The third kappa shape index (κ3) is 2.01. The van der Waals surface area contributed by atoms with Crippen LogP contribution in [-0.4, -0.2) is 10.1 Å². The molecule has 1 heterocycles. The van der Waals surface area contributed by atoms with Crippen LogP contribution in [0.4, 0.5) is 11.4 Å². The van der Waals surface area contributed by atoms with E-state index in [1.165, 1.54) is 6.20 Å². The number of nitrogens with zero attached hydrogens (tertiary/aromatic N) is 1. The quantitative estimate of drug-likeness (QED) is 0.757. The minimum atomic E-state index is 0.158. The molecule has 3 nitrogen and oxygen atoms in total. The number of aromatic hydroxyl groups is 1. The normalized spacial score (nSPS) is 9.71. The largest absolute Gasteiger partial charge is 0.506 e. The molecular formula is C11H10N2O. The summed E-state index contributed by atoms with van der Waals surface area (Å²) < 4.78 is 0. The van der Waals surface area contributed by atoms with Gasteiger partial charge in [-0.3, -0.25) is 4.98 Å². The lowest BCUT2D eigenvalue weighted by Crippen LogP contribution is -1.89. The second kappa shape index (κ2) is 3.79. The van der Waals surface area contributed by atoms with E-state index in [-0.39, 0.29) is 5.75 Å². The molecule has 0 bridgehead atoms. The molecule has 0 saturated heterocycles. The Morgan fingerprint density at radius 2 is 1.79 bits per heavy atom. The molecular weight excluding hydrogens is 176 g/mol. The van der Waals surface area contributed by atoms with Crippen LogP contribution in [0, 0.1) is 0 Å². The highest BCUT2D eigenvalue weighted by Crippen LogP contribution is 2.18. The summed E-state index contributed by atoms with van der Waals surface area (Å²) in [5, 5.41) is 12.3. The average molecular weight is 186 g/mol. The van der Waals surface area contributed by atoms with E-state index in [0.29, 0.717) is 0 Å². The van der Waals surface area contributed by atoms with Crippen molar-refractivity contribution in [3.63, 3.8) is 0 Å². The fourth-order valence-electron chi connectivity index (χ4n) is 1.18. The van der Waals surface area contributed by atoms with Crippen molar-refractivity contribution >= 4 is 11.4 Å². The Kier molecular flexibility index (Phi) is 2.32. The maximum Gasteiger partial charge on any atom is 0.135 e. The SMILES string of the molecule is Oc1cncc(Nc2ccccc2)c1. The van der Waals surface area contributed by atoms with Crippen molar-refractivity contribution in [2.45, 2.75) is 0 Å². The number of rotatable bonds is 2. The van der Waals surface area contributed by atoms with E-state index in [1.54, 1.807) is 12.3 Å². The lowest BCUT2D eigenvalue weighted by molar-refractivity contribution is 0.473. The zero-order valence-electron chi connectivity index (χ0n) is 7.51. The monoisotopic (exact) mass is 186 g/mol. The standard InChI is InChI=1S/C11H10N2O/c14-11-6-10(7-12-8-11)13-9-4-2-1-3-5-9/h1-8,13-14H. The van der Waals surface area contributed by atoms with Crippen LogP contribution in [0.25, 0.3) is 0 Å². The summed E-state index contributed by atoms with van der Waals surface area (Å²) in [5.41, 5.74) is 1.75. The Balaban J connectivity index is 2.19. The molecule has 0 saturated carbocycles. The Hall–Kier alpha value is -2.03. The van der Waals surface area contributed by atoms with Gasteiger partial charge in [0.15, 0.2) is 0 Å². The molecule has 2 rings (SSSR count). The van der Waals surface area contributed by atoms with Crippen LogP contribution in [0.3, 0.4) is 0 Å². The Morgan fingerprint density at radius 3 is 2.50 bits per heavy atom. The predicted octanol–water partition coefficient (Wildman–Crippen LogP) is 2.53. The van der Waals surface area contributed by atoms with E-state index >= 15 is 0 Å². The average Bonchev–Trinajstić information content (AvgIpc) is 2.19. The lowest BCUT2D eigenvalue weighted by atomic mass is 10.3. The topological polar surface area (TPSA) is 45.2 Å². The molecule has 2 aromatic rings. The molecule has 0 aliphatic heterocycles. The van der Waals surface area contributed by atoms with E-state index < -0.39 is 0 Å². The van der Waals surface area contributed by atoms with Crippen molar-refractivity contribution in [2.75, 3.05) is 5.32 Å². The van der Waals surface area contributed by atoms with Crippen molar-refractivity contribution in [1.29, 1.82) is 0 Å². The molecule has 0 aliphatic carbocycles. The first-order valence-corrected chi connectivity index (χ1v) is 4.31. The van der Waals surface area contributed by atoms with Gasteiger partial charge in [-0.1, -0.05) is 18.2 Å². The van der Waals surface area contributed by atoms with Gasteiger partial charge in [0.2, 0.25) is 0 Å². The summed E-state index contributed by atoms with van der Waals surface area (Å²) in [6, 6.07) is 11.4. The second-order valence-electron chi connectivity index (χ2n) is 2.92. The number of benzene rings is 1. The number of pyridine rings is 1. The fourth-order valence-corrected chi connectivity index (χ4v) is 1.18. The van der Waals surface area contributed by atoms with Crippen LogP contribution in [-0.2, 0) is 0 Å². The van der Waals surface area contributed by atoms with Crippen molar-refractivity contribution in [2.24, 2.45) is 0 Å². The molecule has 0 fully saturated rings. The maximum atomic E-state index is 9.19. The summed E-state index contributed by atoms with van der Waals surface area (Å²) >= 11 is 0. The number of anilines is 2.